The second-order valence-corrected chi connectivity index (χ2v) is 5.01. The van der Waals surface area contributed by atoms with Gasteiger partial charge in [-0.3, -0.25) is 4.90 Å². The summed E-state index contributed by atoms with van der Waals surface area (Å²) in [6.07, 6.45) is 4.59. The highest BCUT2D eigenvalue weighted by Crippen LogP contribution is 2.17. The number of benzene rings is 1. The molecule has 17 heavy (non-hydrogen) atoms. The number of hydrogen-bond donors (Lipinski definition) is 1. The number of nitrogens with two attached hydrogens (primary N) is 1. The van der Waals surface area contributed by atoms with Crippen LogP contribution in [0.4, 0.5) is 0 Å². The van der Waals surface area contributed by atoms with Gasteiger partial charge in [-0.25, -0.2) is 0 Å². The maximum atomic E-state index is 5.83. The van der Waals surface area contributed by atoms with E-state index >= 15 is 0 Å². The molecule has 0 spiro atoms. The largest absolute Gasteiger partial charge is 0.328 e. The third-order valence-electron chi connectivity index (χ3n) is 3.22. The second-order valence-electron chi connectivity index (χ2n) is 5.01. The predicted octanol–water partition coefficient (Wildman–Crippen LogP) is 2.56. The van der Waals surface area contributed by atoms with Gasteiger partial charge >= 0.3 is 0 Å². The number of nitrogens with zero attached hydrogens (tertiary/aromatic N) is 1. The van der Waals surface area contributed by atoms with Gasteiger partial charge in [0.05, 0.1) is 0 Å². The smallest absolute Gasteiger partial charge is 0.0237 e. The molecule has 1 aliphatic rings. The number of rotatable bonds is 4. The van der Waals surface area contributed by atoms with Crippen molar-refractivity contribution in [3.05, 3.63) is 47.5 Å². The Hall–Kier alpha value is -1.12. The van der Waals surface area contributed by atoms with Crippen LogP contribution in [0.5, 0.6) is 0 Å². The van der Waals surface area contributed by atoms with Crippen LogP contribution >= 0.6 is 0 Å². The Morgan fingerprint density at radius 3 is 2.65 bits per heavy atom. The van der Waals surface area contributed by atoms with Gasteiger partial charge < -0.3 is 5.73 Å². The molecule has 0 saturated heterocycles. The molecular weight excluding hydrogens is 208 g/mol. The van der Waals surface area contributed by atoms with Crippen LogP contribution in [-0.2, 0) is 6.54 Å². The Morgan fingerprint density at radius 2 is 2.06 bits per heavy atom. The third-order valence-corrected chi connectivity index (χ3v) is 3.22. The molecule has 1 aromatic rings. The van der Waals surface area contributed by atoms with Crippen LogP contribution in [0.2, 0.25) is 0 Å². The SMILES string of the molecule is CC(N)CC1=CCN(Cc2ccccc2)CC1. The summed E-state index contributed by atoms with van der Waals surface area (Å²) in [6, 6.07) is 11.0. The van der Waals surface area contributed by atoms with E-state index in [1.165, 1.54) is 17.6 Å². The van der Waals surface area contributed by atoms with Crippen molar-refractivity contribution in [3.8, 4) is 0 Å². The summed E-state index contributed by atoms with van der Waals surface area (Å²) in [7, 11) is 0. The van der Waals surface area contributed by atoms with Crippen molar-refractivity contribution in [3.63, 3.8) is 0 Å². The lowest BCUT2D eigenvalue weighted by atomic mass is 10.0. The standard InChI is InChI=1S/C15H22N2/c1-13(16)11-14-7-9-17(10-8-14)12-15-5-3-2-4-6-15/h2-7,13H,8-12,16H2,1H3. The molecule has 2 nitrogen and oxygen atoms in total. The first-order chi connectivity index (χ1) is 8.24. The van der Waals surface area contributed by atoms with Crippen molar-refractivity contribution in [1.29, 1.82) is 0 Å². The first-order valence-electron chi connectivity index (χ1n) is 6.44. The Morgan fingerprint density at radius 1 is 1.29 bits per heavy atom. The summed E-state index contributed by atoms with van der Waals surface area (Å²) in [5.74, 6) is 0. The van der Waals surface area contributed by atoms with Crippen molar-refractivity contribution in [2.24, 2.45) is 5.73 Å². The summed E-state index contributed by atoms with van der Waals surface area (Å²) in [4.78, 5) is 2.49. The molecule has 2 N–H and O–H groups in total. The molecular formula is C15H22N2. The fraction of sp³-hybridized carbons (Fsp3) is 0.467. The second kappa shape index (κ2) is 5.99. The van der Waals surface area contributed by atoms with E-state index in [4.69, 9.17) is 5.73 Å². The van der Waals surface area contributed by atoms with Crippen LogP contribution in [-0.4, -0.2) is 24.0 Å². The molecule has 1 unspecified atom stereocenters. The summed E-state index contributed by atoms with van der Waals surface area (Å²) in [5, 5.41) is 0. The van der Waals surface area contributed by atoms with E-state index < -0.39 is 0 Å². The molecule has 0 bridgehead atoms. The molecule has 2 rings (SSSR count). The molecule has 0 aromatic heterocycles. The molecule has 0 saturated carbocycles. The Balaban J connectivity index is 1.85. The van der Waals surface area contributed by atoms with E-state index in [0.717, 1.165) is 26.1 Å². The van der Waals surface area contributed by atoms with Crippen molar-refractivity contribution in [2.45, 2.75) is 32.4 Å². The first kappa shape index (κ1) is 12.3. The molecule has 1 aromatic carbocycles. The van der Waals surface area contributed by atoms with Crippen LogP contribution in [0.15, 0.2) is 42.0 Å². The molecule has 1 heterocycles. The fourth-order valence-corrected chi connectivity index (χ4v) is 2.34. The van der Waals surface area contributed by atoms with Gasteiger partial charge in [-0.2, -0.15) is 0 Å². The van der Waals surface area contributed by atoms with Gasteiger partial charge in [-0.05, 0) is 25.3 Å². The molecule has 0 amide bonds. The van der Waals surface area contributed by atoms with E-state index in [1.54, 1.807) is 0 Å². The van der Waals surface area contributed by atoms with Crippen molar-refractivity contribution < 1.29 is 0 Å². The van der Waals surface area contributed by atoms with E-state index in [9.17, 15) is 0 Å². The molecule has 0 aliphatic carbocycles. The average molecular weight is 230 g/mol. The van der Waals surface area contributed by atoms with Gasteiger partial charge in [0.15, 0.2) is 0 Å². The molecule has 1 aliphatic heterocycles. The van der Waals surface area contributed by atoms with Crippen molar-refractivity contribution in [2.75, 3.05) is 13.1 Å². The lowest BCUT2D eigenvalue weighted by Gasteiger charge is -2.27. The molecule has 1 atom stereocenters. The minimum Gasteiger partial charge on any atom is -0.328 e. The lowest BCUT2D eigenvalue weighted by Crippen LogP contribution is -2.29. The number of hydrogen-bond acceptors (Lipinski definition) is 2. The first-order valence-corrected chi connectivity index (χ1v) is 6.44. The van der Waals surface area contributed by atoms with Crippen LogP contribution in [0.25, 0.3) is 0 Å². The maximum Gasteiger partial charge on any atom is 0.0237 e. The minimum absolute atomic E-state index is 0.293. The van der Waals surface area contributed by atoms with Gasteiger partial charge in [0.25, 0.3) is 0 Å². The molecule has 92 valence electrons. The molecule has 0 fully saturated rings. The van der Waals surface area contributed by atoms with Gasteiger partial charge in [-0.15, -0.1) is 0 Å². The quantitative estimate of drug-likeness (QED) is 0.805. The van der Waals surface area contributed by atoms with Crippen molar-refractivity contribution >= 4 is 0 Å². The summed E-state index contributed by atoms with van der Waals surface area (Å²) < 4.78 is 0. The zero-order chi connectivity index (χ0) is 12.1. The molecule has 2 heteroatoms. The average Bonchev–Trinajstić information content (AvgIpc) is 2.32. The van der Waals surface area contributed by atoms with Crippen LogP contribution in [0.1, 0.15) is 25.3 Å². The predicted molar refractivity (Wildman–Crippen MR) is 72.7 cm³/mol. The van der Waals surface area contributed by atoms with Gasteiger partial charge in [-0.1, -0.05) is 42.0 Å². The summed E-state index contributed by atoms with van der Waals surface area (Å²) >= 11 is 0. The Labute approximate surface area is 104 Å². The van der Waals surface area contributed by atoms with Crippen LogP contribution in [0, 0.1) is 0 Å². The molecule has 0 radical (unpaired) electrons. The lowest BCUT2D eigenvalue weighted by molar-refractivity contribution is 0.283. The van der Waals surface area contributed by atoms with Crippen LogP contribution < -0.4 is 5.73 Å². The highest BCUT2D eigenvalue weighted by atomic mass is 15.1. The van der Waals surface area contributed by atoms with Gasteiger partial charge in [0.2, 0.25) is 0 Å². The third kappa shape index (κ3) is 3.99. The highest BCUT2D eigenvalue weighted by Gasteiger charge is 2.12. The Bertz CT molecular complexity index is 368. The monoisotopic (exact) mass is 230 g/mol. The maximum absolute atomic E-state index is 5.83. The summed E-state index contributed by atoms with van der Waals surface area (Å²) in [6.45, 7) is 5.37. The van der Waals surface area contributed by atoms with Gasteiger partial charge in [0, 0.05) is 25.7 Å². The van der Waals surface area contributed by atoms with E-state index in [0.29, 0.717) is 6.04 Å². The zero-order valence-electron chi connectivity index (χ0n) is 10.6. The topological polar surface area (TPSA) is 29.3 Å². The van der Waals surface area contributed by atoms with Crippen molar-refractivity contribution in [1.82, 2.24) is 4.90 Å². The fourth-order valence-electron chi connectivity index (χ4n) is 2.34. The van der Waals surface area contributed by atoms with E-state index in [1.807, 2.05) is 0 Å². The Kier molecular flexibility index (Phi) is 4.35. The normalized spacial score (nSPS) is 18.8. The van der Waals surface area contributed by atoms with Gasteiger partial charge in [0.1, 0.15) is 0 Å². The van der Waals surface area contributed by atoms with E-state index in [2.05, 4.69) is 48.2 Å². The van der Waals surface area contributed by atoms with Crippen LogP contribution in [0.3, 0.4) is 0 Å². The highest BCUT2D eigenvalue weighted by molar-refractivity contribution is 5.16. The minimum atomic E-state index is 0.293. The van der Waals surface area contributed by atoms with E-state index in [-0.39, 0.29) is 0 Å². The summed E-state index contributed by atoms with van der Waals surface area (Å²) in [5.41, 5.74) is 8.76. The zero-order valence-corrected chi connectivity index (χ0v) is 10.6.